The van der Waals surface area contributed by atoms with Gasteiger partial charge in [-0.15, -0.1) is 0 Å². The second kappa shape index (κ2) is 10.1. The lowest BCUT2D eigenvalue weighted by Crippen LogP contribution is -2.32. The lowest BCUT2D eigenvalue weighted by Gasteiger charge is -2.22. The monoisotopic (exact) mass is 442 g/mol. The van der Waals surface area contributed by atoms with Gasteiger partial charge in [0.2, 0.25) is 15.9 Å². The number of rotatable bonds is 10. The molecule has 1 amide bonds. The number of carbonyl (C=O) groups excluding carboxylic acids is 1. The van der Waals surface area contributed by atoms with Crippen LogP contribution in [0.5, 0.6) is 5.75 Å². The molecule has 164 valence electrons. The number of carbonyl (C=O) groups is 1. The lowest BCUT2D eigenvalue weighted by molar-refractivity contribution is -0.121. The van der Waals surface area contributed by atoms with Crippen molar-refractivity contribution < 1.29 is 17.9 Å². The number of hydrogen-bond acceptors (Lipinski definition) is 5. The minimum atomic E-state index is -3.46. The molecule has 0 aliphatic carbocycles. The molecule has 0 radical (unpaired) electrons. The van der Waals surface area contributed by atoms with Crippen LogP contribution in [0.2, 0.25) is 0 Å². The van der Waals surface area contributed by atoms with Gasteiger partial charge in [-0.25, -0.2) is 13.4 Å². The number of aromatic nitrogens is 2. The summed E-state index contributed by atoms with van der Waals surface area (Å²) < 4.78 is 32.7. The molecule has 1 N–H and O–H groups in total. The molecule has 0 saturated carbocycles. The third-order valence-corrected chi connectivity index (χ3v) is 5.95. The number of methoxy groups -OCH3 is 1. The molecule has 0 spiro atoms. The Morgan fingerprint density at radius 2 is 1.84 bits per heavy atom. The fourth-order valence-corrected chi connectivity index (χ4v) is 4.07. The SMILES string of the molecule is COc1ccc(N(CCCC(=O)NCc2ccc(-n3ccnc3)cc2)S(C)(=O)=O)cc1. The van der Waals surface area contributed by atoms with Crippen LogP contribution in [0.3, 0.4) is 0 Å². The van der Waals surface area contributed by atoms with Crippen LogP contribution >= 0.6 is 0 Å². The summed E-state index contributed by atoms with van der Waals surface area (Å²) in [5.41, 5.74) is 2.52. The molecule has 8 nitrogen and oxygen atoms in total. The molecule has 1 aromatic heterocycles. The van der Waals surface area contributed by atoms with E-state index in [1.54, 1.807) is 43.9 Å². The van der Waals surface area contributed by atoms with Gasteiger partial charge in [0.15, 0.2) is 0 Å². The van der Waals surface area contributed by atoms with Gasteiger partial charge in [0.05, 0.1) is 25.4 Å². The molecule has 9 heteroatoms. The van der Waals surface area contributed by atoms with E-state index in [9.17, 15) is 13.2 Å². The summed E-state index contributed by atoms with van der Waals surface area (Å²) in [6.45, 7) is 0.634. The Bertz CT molecular complexity index is 1080. The molecule has 0 fully saturated rings. The molecule has 2 aromatic carbocycles. The van der Waals surface area contributed by atoms with E-state index in [4.69, 9.17) is 4.74 Å². The maximum absolute atomic E-state index is 12.2. The molecular formula is C22H26N4O4S. The standard InChI is InChI=1S/C22H26N4O4S/c1-30-21-11-9-20(10-12-21)26(31(2,28)29)14-3-4-22(27)24-16-18-5-7-19(8-6-18)25-15-13-23-17-25/h5-13,15,17H,3-4,14,16H2,1-2H3,(H,24,27). The van der Waals surface area contributed by atoms with Crippen LogP contribution < -0.4 is 14.4 Å². The molecule has 0 atom stereocenters. The van der Waals surface area contributed by atoms with Gasteiger partial charge in [-0.3, -0.25) is 9.10 Å². The van der Waals surface area contributed by atoms with Gasteiger partial charge in [-0.05, 0) is 48.4 Å². The van der Waals surface area contributed by atoms with Crippen LogP contribution in [0.25, 0.3) is 5.69 Å². The third kappa shape index (κ3) is 6.32. The summed E-state index contributed by atoms with van der Waals surface area (Å²) in [6.07, 6.45) is 7.10. The van der Waals surface area contributed by atoms with Crippen molar-refractivity contribution in [2.24, 2.45) is 0 Å². The average Bonchev–Trinajstić information content (AvgIpc) is 3.30. The van der Waals surface area contributed by atoms with Crippen molar-refractivity contribution in [1.82, 2.24) is 14.9 Å². The zero-order valence-corrected chi connectivity index (χ0v) is 18.4. The zero-order chi connectivity index (χ0) is 22.3. The lowest BCUT2D eigenvalue weighted by atomic mass is 10.2. The summed E-state index contributed by atoms with van der Waals surface area (Å²) in [4.78, 5) is 16.2. The first-order chi connectivity index (χ1) is 14.9. The quantitative estimate of drug-likeness (QED) is 0.521. The third-order valence-electron chi connectivity index (χ3n) is 4.75. The Kier molecular flexibility index (Phi) is 7.30. The van der Waals surface area contributed by atoms with Crippen LogP contribution in [0, 0.1) is 0 Å². The molecule has 0 aliphatic rings. The predicted molar refractivity (Wildman–Crippen MR) is 120 cm³/mol. The first-order valence-electron chi connectivity index (χ1n) is 9.82. The zero-order valence-electron chi connectivity index (χ0n) is 17.6. The van der Waals surface area contributed by atoms with Crippen LogP contribution in [0.15, 0.2) is 67.3 Å². The number of ether oxygens (including phenoxy) is 1. The van der Waals surface area contributed by atoms with Crippen LogP contribution in [-0.2, 0) is 21.4 Å². The van der Waals surface area contributed by atoms with Gasteiger partial charge in [-0.2, -0.15) is 0 Å². The van der Waals surface area contributed by atoms with Crippen LogP contribution in [-0.4, -0.2) is 43.8 Å². The van der Waals surface area contributed by atoms with Crippen molar-refractivity contribution in [2.45, 2.75) is 19.4 Å². The maximum Gasteiger partial charge on any atom is 0.232 e. The van der Waals surface area contributed by atoms with Gasteiger partial charge in [0.1, 0.15) is 5.75 Å². The molecule has 3 aromatic rings. The Morgan fingerprint density at radius 3 is 2.42 bits per heavy atom. The number of anilines is 1. The van der Waals surface area contributed by atoms with E-state index in [0.717, 1.165) is 17.5 Å². The Morgan fingerprint density at radius 1 is 1.13 bits per heavy atom. The Hall–Kier alpha value is -3.33. The highest BCUT2D eigenvalue weighted by molar-refractivity contribution is 7.92. The number of amides is 1. The van der Waals surface area contributed by atoms with E-state index >= 15 is 0 Å². The van der Waals surface area contributed by atoms with E-state index < -0.39 is 10.0 Å². The molecule has 1 heterocycles. The smallest absolute Gasteiger partial charge is 0.232 e. The van der Waals surface area contributed by atoms with Gasteiger partial charge >= 0.3 is 0 Å². The molecule has 3 rings (SSSR count). The largest absolute Gasteiger partial charge is 0.497 e. The number of nitrogens with one attached hydrogen (secondary N) is 1. The maximum atomic E-state index is 12.2. The molecule has 0 bridgehead atoms. The summed E-state index contributed by atoms with van der Waals surface area (Å²) in [5, 5.41) is 2.88. The first kappa shape index (κ1) is 22.4. The van der Waals surface area contributed by atoms with E-state index in [2.05, 4.69) is 10.3 Å². The molecular weight excluding hydrogens is 416 g/mol. The molecule has 0 saturated heterocycles. The highest BCUT2D eigenvalue weighted by atomic mass is 32.2. The number of nitrogens with zero attached hydrogens (tertiary/aromatic N) is 3. The van der Waals surface area contributed by atoms with E-state index in [1.165, 1.54) is 4.31 Å². The minimum Gasteiger partial charge on any atom is -0.497 e. The normalized spacial score (nSPS) is 11.2. The van der Waals surface area contributed by atoms with Gasteiger partial charge < -0.3 is 14.6 Å². The van der Waals surface area contributed by atoms with Crippen molar-refractivity contribution in [3.8, 4) is 11.4 Å². The van der Waals surface area contributed by atoms with Crippen molar-refractivity contribution in [2.75, 3.05) is 24.2 Å². The topological polar surface area (TPSA) is 93.5 Å². The van der Waals surface area contributed by atoms with E-state index in [1.807, 2.05) is 35.0 Å². The Labute approximate surface area is 182 Å². The second-order valence-electron chi connectivity index (χ2n) is 7.05. The fourth-order valence-electron chi connectivity index (χ4n) is 3.10. The second-order valence-corrected chi connectivity index (χ2v) is 8.96. The van der Waals surface area contributed by atoms with Crippen molar-refractivity contribution >= 4 is 21.6 Å². The highest BCUT2D eigenvalue weighted by Crippen LogP contribution is 2.22. The van der Waals surface area contributed by atoms with Crippen LogP contribution in [0.4, 0.5) is 5.69 Å². The van der Waals surface area contributed by atoms with Gasteiger partial charge in [0, 0.05) is 37.6 Å². The van der Waals surface area contributed by atoms with E-state index in [0.29, 0.717) is 24.4 Å². The number of hydrogen-bond donors (Lipinski definition) is 1. The minimum absolute atomic E-state index is 0.123. The van der Waals surface area contributed by atoms with Gasteiger partial charge in [0.25, 0.3) is 0 Å². The van der Waals surface area contributed by atoms with E-state index in [-0.39, 0.29) is 18.9 Å². The number of benzene rings is 2. The summed E-state index contributed by atoms with van der Waals surface area (Å²) in [6, 6.07) is 14.6. The summed E-state index contributed by atoms with van der Waals surface area (Å²) >= 11 is 0. The van der Waals surface area contributed by atoms with Gasteiger partial charge in [-0.1, -0.05) is 12.1 Å². The van der Waals surface area contributed by atoms with Crippen molar-refractivity contribution in [1.29, 1.82) is 0 Å². The Balaban J connectivity index is 1.48. The summed E-state index contributed by atoms with van der Waals surface area (Å²) in [7, 11) is -1.91. The average molecular weight is 443 g/mol. The fraction of sp³-hybridized carbons (Fsp3) is 0.273. The van der Waals surface area contributed by atoms with Crippen molar-refractivity contribution in [3.63, 3.8) is 0 Å². The first-order valence-corrected chi connectivity index (χ1v) is 11.7. The van der Waals surface area contributed by atoms with Crippen molar-refractivity contribution in [3.05, 3.63) is 72.8 Å². The van der Waals surface area contributed by atoms with Crippen LogP contribution in [0.1, 0.15) is 18.4 Å². The summed E-state index contributed by atoms with van der Waals surface area (Å²) in [5.74, 6) is 0.525. The molecule has 31 heavy (non-hydrogen) atoms. The number of imidazole rings is 1. The molecule has 0 unspecified atom stereocenters. The predicted octanol–water partition coefficient (Wildman–Crippen LogP) is 2.74. The number of sulfonamides is 1. The highest BCUT2D eigenvalue weighted by Gasteiger charge is 2.17. The molecule has 0 aliphatic heterocycles.